The number of halogens is 2. The SMILES string of the molecule is C[C@H](CO)Nc1cc(NS(=O)(=O)c2cc(Cl)ccc2Cl)nc(SCc2ccccc2)n1. The highest BCUT2D eigenvalue weighted by Crippen LogP contribution is 2.28. The van der Waals surface area contributed by atoms with Crippen molar-refractivity contribution in [1.82, 2.24) is 9.97 Å². The molecule has 0 unspecified atom stereocenters. The summed E-state index contributed by atoms with van der Waals surface area (Å²) >= 11 is 13.4. The molecule has 2 aromatic carbocycles. The number of rotatable bonds is 9. The van der Waals surface area contributed by atoms with E-state index in [0.29, 0.717) is 16.7 Å². The third-order valence-electron chi connectivity index (χ3n) is 4.01. The summed E-state index contributed by atoms with van der Waals surface area (Å²) in [5.41, 5.74) is 1.08. The molecule has 0 saturated heterocycles. The van der Waals surface area contributed by atoms with E-state index in [9.17, 15) is 13.5 Å². The average Bonchev–Trinajstić information content (AvgIpc) is 2.74. The van der Waals surface area contributed by atoms with Crippen LogP contribution in [0.15, 0.2) is 64.6 Å². The number of hydrogen-bond donors (Lipinski definition) is 3. The fraction of sp³-hybridized carbons (Fsp3) is 0.200. The Hall–Kier alpha value is -2.04. The van der Waals surface area contributed by atoms with Crippen molar-refractivity contribution in [3.8, 4) is 0 Å². The van der Waals surface area contributed by atoms with Crippen molar-refractivity contribution in [3.63, 3.8) is 0 Å². The highest BCUT2D eigenvalue weighted by Gasteiger charge is 2.20. The first-order chi connectivity index (χ1) is 14.8. The van der Waals surface area contributed by atoms with Crippen LogP contribution in [0.5, 0.6) is 0 Å². The molecule has 0 aliphatic heterocycles. The van der Waals surface area contributed by atoms with Crippen molar-refractivity contribution >= 4 is 56.6 Å². The minimum atomic E-state index is -4.04. The Morgan fingerprint density at radius 2 is 1.77 bits per heavy atom. The van der Waals surface area contributed by atoms with Gasteiger partial charge in [-0.3, -0.25) is 4.72 Å². The summed E-state index contributed by atoms with van der Waals surface area (Å²) in [5.74, 6) is 1.04. The summed E-state index contributed by atoms with van der Waals surface area (Å²) in [6.07, 6.45) is 0. The number of anilines is 2. The van der Waals surface area contributed by atoms with Gasteiger partial charge in [0, 0.05) is 22.9 Å². The molecule has 7 nitrogen and oxygen atoms in total. The van der Waals surface area contributed by atoms with Crippen molar-refractivity contribution in [2.24, 2.45) is 0 Å². The number of aromatic nitrogens is 2. The van der Waals surface area contributed by atoms with Crippen LogP contribution in [-0.4, -0.2) is 36.1 Å². The molecule has 1 aromatic heterocycles. The first kappa shape index (κ1) is 23.6. The zero-order valence-corrected chi connectivity index (χ0v) is 19.6. The van der Waals surface area contributed by atoms with Crippen LogP contribution in [0.3, 0.4) is 0 Å². The molecule has 3 rings (SSSR count). The zero-order chi connectivity index (χ0) is 22.4. The first-order valence-electron chi connectivity index (χ1n) is 9.18. The zero-order valence-electron chi connectivity index (χ0n) is 16.4. The molecule has 0 spiro atoms. The van der Waals surface area contributed by atoms with Gasteiger partial charge in [0.25, 0.3) is 10.0 Å². The molecule has 0 aliphatic carbocycles. The summed E-state index contributed by atoms with van der Waals surface area (Å²) < 4.78 is 28.2. The monoisotopic (exact) mass is 498 g/mol. The molecule has 0 bridgehead atoms. The number of nitrogens with one attached hydrogen (secondary N) is 2. The van der Waals surface area contributed by atoms with Crippen LogP contribution in [0, 0.1) is 0 Å². The number of thioether (sulfide) groups is 1. The van der Waals surface area contributed by atoms with Crippen LogP contribution in [0.4, 0.5) is 11.6 Å². The second-order valence-corrected chi connectivity index (χ2v) is 10.0. The lowest BCUT2D eigenvalue weighted by Gasteiger charge is -2.15. The van der Waals surface area contributed by atoms with E-state index in [1.165, 1.54) is 36.0 Å². The van der Waals surface area contributed by atoms with Gasteiger partial charge in [-0.25, -0.2) is 18.4 Å². The number of sulfonamides is 1. The Morgan fingerprint density at radius 3 is 2.48 bits per heavy atom. The van der Waals surface area contributed by atoms with Gasteiger partial charge >= 0.3 is 0 Å². The van der Waals surface area contributed by atoms with Crippen molar-refractivity contribution in [3.05, 3.63) is 70.2 Å². The van der Waals surface area contributed by atoms with Crippen LogP contribution in [0.1, 0.15) is 12.5 Å². The summed E-state index contributed by atoms with van der Waals surface area (Å²) in [5, 5.41) is 13.0. The lowest BCUT2D eigenvalue weighted by atomic mass is 10.2. The Morgan fingerprint density at radius 1 is 1.06 bits per heavy atom. The van der Waals surface area contributed by atoms with E-state index in [-0.39, 0.29) is 33.4 Å². The molecule has 3 aromatic rings. The number of hydrogen-bond acceptors (Lipinski definition) is 7. The number of nitrogens with zero attached hydrogens (tertiary/aromatic N) is 2. The van der Waals surface area contributed by atoms with E-state index in [2.05, 4.69) is 20.0 Å². The van der Waals surface area contributed by atoms with E-state index in [0.717, 1.165) is 5.56 Å². The van der Waals surface area contributed by atoms with Crippen molar-refractivity contribution in [1.29, 1.82) is 0 Å². The quantitative estimate of drug-likeness (QED) is 0.290. The predicted molar refractivity (Wildman–Crippen MR) is 125 cm³/mol. The smallest absolute Gasteiger partial charge is 0.264 e. The molecule has 3 N–H and O–H groups in total. The van der Waals surface area contributed by atoms with Gasteiger partial charge in [-0.2, -0.15) is 0 Å². The van der Waals surface area contributed by atoms with Gasteiger partial charge < -0.3 is 10.4 Å². The minimum Gasteiger partial charge on any atom is -0.394 e. The molecule has 1 heterocycles. The molecule has 0 saturated carbocycles. The van der Waals surface area contributed by atoms with Gasteiger partial charge in [-0.05, 0) is 30.7 Å². The van der Waals surface area contributed by atoms with Crippen molar-refractivity contribution in [2.45, 2.75) is 28.8 Å². The van der Waals surface area contributed by atoms with Crippen molar-refractivity contribution < 1.29 is 13.5 Å². The lowest BCUT2D eigenvalue weighted by molar-refractivity contribution is 0.281. The van der Waals surface area contributed by atoms with Gasteiger partial charge in [0.2, 0.25) is 0 Å². The molecule has 11 heteroatoms. The highest BCUT2D eigenvalue weighted by atomic mass is 35.5. The van der Waals surface area contributed by atoms with E-state index >= 15 is 0 Å². The molecule has 164 valence electrons. The Labute approximate surface area is 195 Å². The molecule has 0 aliphatic rings. The maximum atomic E-state index is 12.9. The van der Waals surface area contributed by atoms with E-state index < -0.39 is 10.0 Å². The number of aliphatic hydroxyl groups excluding tert-OH is 1. The predicted octanol–water partition coefficient (Wildman–Crippen LogP) is 4.67. The Kier molecular flexibility index (Phi) is 8.01. The molecule has 1 atom stereocenters. The van der Waals surface area contributed by atoms with Gasteiger partial charge in [-0.1, -0.05) is 65.3 Å². The maximum Gasteiger partial charge on any atom is 0.264 e. The van der Waals surface area contributed by atoms with Gasteiger partial charge in [0.05, 0.1) is 11.6 Å². The molecule has 0 amide bonds. The van der Waals surface area contributed by atoms with E-state index in [1.807, 2.05) is 30.3 Å². The van der Waals surface area contributed by atoms with Crippen LogP contribution >= 0.6 is 35.0 Å². The molecule has 0 radical (unpaired) electrons. The lowest BCUT2D eigenvalue weighted by Crippen LogP contribution is -2.21. The van der Waals surface area contributed by atoms with E-state index in [1.54, 1.807) is 6.92 Å². The third kappa shape index (κ3) is 6.72. The van der Waals surface area contributed by atoms with Crippen LogP contribution in [-0.2, 0) is 15.8 Å². The summed E-state index contributed by atoms with van der Waals surface area (Å²) in [4.78, 5) is 8.59. The second-order valence-electron chi connectivity index (χ2n) is 6.60. The Bertz CT molecular complexity index is 1150. The van der Waals surface area contributed by atoms with E-state index in [4.69, 9.17) is 23.2 Å². The fourth-order valence-electron chi connectivity index (χ4n) is 2.51. The highest BCUT2D eigenvalue weighted by molar-refractivity contribution is 7.98. The van der Waals surface area contributed by atoms with Gasteiger partial charge in [0.1, 0.15) is 16.5 Å². The molecule has 0 fully saturated rings. The first-order valence-corrected chi connectivity index (χ1v) is 12.4. The largest absolute Gasteiger partial charge is 0.394 e. The Balaban J connectivity index is 1.90. The number of benzene rings is 2. The van der Waals surface area contributed by atoms with Crippen LogP contribution < -0.4 is 10.0 Å². The summed E-state index contributed by atoms with van der Waals surface area (Å²) in [7, 11) is -4.04. The van der Waals surface area contributed by atoms with Gasteiger partial charge in [0.15, 0.2) is 5.16 Å². The van der Waals surface area contributed by atoms with Crippen LogP contribution in [0.2, 0.25) is 10.0 Å². The average molecular weight is 499 g/mol. The summed E-state index contributed by atoms with van der Waals surface area (Å²) in [6, 6.07) is 15.1. The number of aliphatic hydroxyl groups is 1. The maximum absolute atomic E-state index is 12.9. The third-order valence-corrected chi connectivity index (χ3v) is 7.00. The van der Waals surface area contributed by atoms with Crippen molar-refractivity contribution in [2.75, 3.05) is 16.6 Å². The normalized spacial score (nSPS) is 12.4. The summed E-state index contributed by atoms with van der Waals surface area (Å²) in [6.45, 7) is 1.66. The standard InChI is InChI=1S/C20H20Cl2N4O3S2/c1-13(11-27)23-18-10-19(25-20(24-18)30-12-14-5-3-2-4-6-14)26-31(28,29)17-9-15(21)7-8-16(17)22/h2-10,13,27H,11-12H2,1H3,(H2,23,24,25,26)/t13-/m1/s1. The van der Waals surface area contributed by atoms with Gasteiger partial charge in [-0.15, -0.1) is 0 Å². The van der Waals surface area contributed by atoms with Crippen LogP contribution in [0.25, 0.3) is 0 Å². The second kappa shape index (κ2) is 10.5. The molecular weight excluding hydrogens is 479 g/mol. The fourth-order valence-corrected chi connectivity index (χ4v) is 5.08. The molecular formula is C20H20Cl2N4O3S2. The minimum absolute atomic E-state index is 0.0388. The topological polar surface area (TPSA) is 104 Å². The molecule has 31 heavy (non-hydrogen) atoms.